The van der Waals surface area contributed by atoms with E-state index in [0.29, 0.717) is 6.42 Å². The number of hydrogen-bond acceptors (Lipinski definition) is 1. The summed E-state index contributed by atoms with van der Waals surface area (Å²) in [5.41, 5.74) is 1.61. The minimum absolute atomic E-state index is 0.0486. The van der Waals surface area contributed by atoms with Gasteiger partial charge in [-0.15, -0.1) is 23.2 Å². The van der Waals surface area contributed by atoms with E-state index in [4.69, 9.17) is 23.2 Å². The van der Waals surface area contributed by atoms with Crippen molar-refractivity contribution in [1.29, 1.82) is 0 Å². The molecule has 1 heterocycles. The van der Waals surface area contributed by atoms with Crippen LogP contribution < -0.4 is 4.90 Å². The Labute approximate surface area is 111 Å². The number of para-hydroxylation sites is 1. The summed E-state index contributed by atoms with van der Waals surface area (Å²) < 4.78 is -0.887. The number of amides is 1. The van der Waals surface area contributed by atoms with Crippen LogP contribution in [0.3, 0.4) is 0 Å². The SMILES string of the molecule is C[C@@]1(C(=O)N2CCc3ccccc32)CC1(Cl)Cl. The first-order valence-electron chi connectivity index (χ1n) is 5.73. The molecule has 0 saturated heterocycles. The summed E-state index contributed by atoms with van der Waals surface area (Å²) in [4.78, 5) is 14.3. The molecule has 4 heteroatoms. The van der Waals surface area contributed by atoms with E-state index in [2.05, 4.69) is 6.07 Å². The number of carbonyl (C=O) groups excluding carboxylic acids is 1. The van der Waals surface area contributed by atoms with Crippen LogP contribution in [0.2, 0.25) is 0 Å². The molecule has 0 bridgehead atoms. The summed E-state index contributed by atoms with van der Waals surface area (Å²) in [6, 6.07) is 8.00. The van der Waals surface area contributed by atoms with Crippen molar-refractivity contribution in [2.75, 3.05) is 11.4 Å². The van der Waals surface area contributed by atoms with Crippen molar-refractivity contribution >= 4 is 34.8 Å². The van der Waals surface area contributed by atoms with Gasteiger partial charge in [0.05, 0.1) is 5.41 Å². The van der Waals surface area contributed by atoms with E-state index in [0.717, 1.165) is 18.7 Å². The van der Waals surface area contributed by atoms with Crippen molar-refractivity contribution in [3.05, 3.63) is 29.8 Å². The predicted molar refractivity (Wildman–Crippen MR) is 69.7 cm³/mol. The zero-order valence-electron chi connectivity index (χ0n) is 9.54. The number of alkyl halides is 2. The highest BCUT2D eigenvalue weighted by Crippen LogP contribution is 2.64. The number of rotatable bonds is 1. The Morgan fingerprint density at radius 2 is 2.00 bits per heavy atom. The first-order valence-corrected chi connectivity index (χ1v) is 6.49. The molecule has 0 radical (unpaired) electrons. The maximum Gasteiger partial charge on any atom is 0.236 e. The lowest BCUT2D eigenvalue weighted by Crippen LogP contribution is -2.37. The van der Waals surface area contributed by atoms with Gasteiger partial charge in [0.25, 0.3) is 0 Å². The third-order valence-electron chi connectivity index (χ3n) is 3.86. The predicted octanol–water partition coefficient (Wildman–Crippen LogP) is 3.16. The fourth-order valence-corrected chi connectivity index (χ4v) is 3.18. The van der Waals surface area contributed by atoms with E-state index in [9.17, 15) is 4.79 Å². The molecule has 90 valence electrons. The maximum atomic E-state index is 12.5. The summed E-state index contributed by atoms with van der Waals surface area (Å²) >= 11 is 12.1. The molecule has 0 aromatic heterocycles. The first-order chi connectivity index (χ1) is 7.96. The second-order valence-corrected chi connectivity index (χ2v) is 6.53. The summed E-state index contributed by atoms with van der Waals surface area (Å²) in [7, 11) is 0. The van der Waals surface area contributed by atoms with Crippen LogP contribution in [0.15, 0.2) is 24.3 Å². The summed E-state index contributed by atoms with van der Waals surface area (Å²) in [5, 5.41) is 0. The van der Waals surface area contributed by atoms with Crippen molar-refractivity contribution in [3.63, 3.8) is 0 Å². The second kappa shape index (κ2) is 3.39. The number of nitrogens with zero attached hydrogens (tertiary/aromatic N) is 1. The molecule has 1 aliphatic heterocycles. The van der Waals surface area contributed by atoms with Crippen molar-refractivity contribution in [3.8, 4) is 0 Å². The van der Waals surface area contributed by atoms with Gasteiger partial charge in [-0.05, 0) is 31.4 Å². The maximum absolute atomic E-state index is 12.5. The van der Waals surface area contributed by atoms with Gasteiger partial charge in [-0.1, -0.05) is 18.2 Å². The average Bonchev–Trinajstić information content (AvgIpc) is 2.67. The Morgan fingerprint density at radius 1 is 1.35 bits per heavy atom. The van der Waals surface area contributed by atoms with Crippen LogP contribution in [0.1, 0.15) is 18.9 Å². The molecule has 1 saturated carbocycles. The lowest BCUT2D eigenvalue weighted by atomic mass is 10.1. The molecule has 2 aliphatic rings. The smallest absolute Gasteiger partial charge is 0.236 e. The molecular weight excluding hydrogens is 257 g/mol. The minimum atomic E-state index is -0.887. The standard InChI is InChI=1S/C13H13Cl2NO/c1-12(8-13(12,14)15)11(17)16-7-6-9-4-2-3-5-10(9)16/h2-5H,6-8H2,1H3/t12-/m0/s1. The van der Waals surface area contributed by atoms with Gasteiger partial charge in [0.2, 0.25) is 5.91 Å². The fourth-order valence-electron chi connectivity index (χ4n) is 2.48. The van der Waals surface area contributed by atoms with Gasteiger partial charge >= 0.3 is 0 Å². The molecule has 1 atom stereocenters. The number of carbonyl (C=O) groups is 1. The molecular formula is C13H13Cl2NO. The zero-order chi connectivity index (χ0) is 12.3. The molecule has 17 heavy (non-hydrogen) atoms. The highest BCUT2D eigenvalue weighted by molar-refractivity contribution is 6.53. The quantitative estimate of drug-likeness (QED) is 0.718. The third kappa shape index (κ3) is 1.50. The Balaban J connectivity index is 1.91. The minimum Gasteiger partial charge on any atom is -0.311 e. The lowest BCUT2D eigenvalue weighted by Gasteiger charge is -2.22. The molecule has 1 aromatic rings. The van der Waals surface area contributed by atoms with Crippen molar-refractivity contribution in [1.82, 2.24) is 0 Å². The lowest BCUT2D eigenvalue weighted by molar-refractivity contribution is -0.123. The summed E-state index contributed by atoms with van der Waals surface area (Å²) in [6.45, 7) is 2.58. The molecule has 1 fully saturated rings. The topological polar surface area (TPSA) is 20.3 Å². The highest BCUT2D eigenvalue weighted by atomic mass is 35.5. The molecule has 1 aromatic carbocycles. The van der Waals surface area contributed by atoms with Gasteiger partial charge in [0, 0.05) is 12.2 Å². The molecule has 0 spiro atoms. The average molecular weight is 270 g/mol. The Morgan fingerprint density at radius 3 is 2.65 bits per heavy atom. The number of benzene rings is 1. The molecule has 0 N–H and O–H groups in total. The zero-order valence-corrected chi connectivity index (χ0v) is 11.1. The van der Waals surface area contributed by atoms with Crippen LogP contribution in [0.25, 0.3) is 0 Å². The van der Waals surface area contributed by atoms with Crippen LogP contribution in [-0.2, 0) is 11.2 Å². The van der Waals surface area contributed by atoms with Gasteiger partial charge in [0.1, 0.15) is 4.33 Å². The van der Waals surface area contributed by atoms with Crippen molar-refractivity contribution < 1.29 is 4.79 Å². The van der Waals surface area contributed by atoms with Crippen LogP contribution in [0, 0.1) is 5.41 Å². The monoisotopic (exact) mass is 269 g/mol. The molecule has 3 rings (SSSR count). The molecule has 1 amide bonds. The first kappa shape index (κ1) is 11.4. The number of halogens is 2. The van der Waals surface area contributed by atoms with Gasteiger partial charge in [-0.2, -0.15) is 0 Å². The summed E-state index contributed by atoms with van der Waals surface area (Å²) in [6.07, 6.45) is 1.45. The number of anilines is 1. The number of fused-ring (bicyclic) bond motifs is 1. The third-order valence-corrected chi connectivity index (χ3v) is 4.96. The van der Waals surface area contributed by atoms with E-state index in [1.807, 2.05) is 30.0 Å². The van der Waals surface area contributed by atoms with Gasteiger partial charge in [0.15, 0.2) is 0 Å². The Bertz CT molecular complexity index is 500. The number of hydrogen-bond donors (Lipinski definition) is 0. The van der Waals surface area contributed by atoms with Crippen molar-refractivity contribution in [2.24, 2.45) is 5.41 Å². The van der Waals surface area contributed by atoms with Crippen LogP contribution in [0.5, 0.6) is 0 Å². The van der Waals surface area contributed by atoms with Crippen molar-refractivity contribution in [2.45, 2.75) is 24.1 Å². The van der Waals surface area contributed by atoms with Crippen LogP contribution >= 0.6 is 23.2 Å². The summed E-state index contributed by atoms with van der Waals surface area (Å²) in [5.74, 6) is 0.0486. The van der Waals surface area contributed by atoms with E-state index < -0.39 is 9.75 Å². The fraction of sp³-hybridized carbons (Fsp3) is 0.462. The van der Waals surface area contributed by atoms with Gasteiger partial charge in [-0.3, -0.25) is 4.79 Å². The van der Waals surface area contributed by atoms with E-state index >= 15 is 0 Å². The molecule has 1 aliphatic carbocycles. The molecule has 2 nitrogen and oxygen atoms in total. The normalized spacial score (nSPS) is 29.0. The largest absolute Gasteiger partial charge is 0.311 e. The Kier molecular flexibility index (Phi) is 2.27. The van der Waals surface area contributed by atoms with Gasteiger partial charge < -0.3 is 4.90 Å². The van der Waals surface area contributed by atoms with Gasteiger partial charge in [-0.25, -0.2) is 0 Å². The van der Waals surface area contributed by atoms with E-state index in [1.54, 1.807) is 0 Å². The van der Waals surface area contributed by atoms with E-state index in [-0.39, 0.29) is 5.91 Å². The van der Waals surface area contributed by atoms with E-state index in [1.165, 1.54) is 5.56 Å². The molecule has 0 unspecified atom stereocenters. The Hall–Kier alpha value is -0.730. The second-order valence-electron chi connectivity index (χ2n) is 5.05. The van der Waals surface area contributed by atoms with Crippen LogP contribution in [-0.4, -0.2) is 16.8 Å². The highest BCUT2D eigenvalue weighted by Gasteiger charge is 2.69. The van der Waals surface area contributed by atoms with Crippen LogP contribution in [0.4, 0.5) is 5.69 Å².